The second-order valence-corrected chi connectivity index (χ2v) is 6.40. The van der Waals surface area contributed by atoms with Gasteiger partial charge in [-0.1, -0.05) is 54.6 Å². The molecule has 0 amide bonds. The predicted molar refractivity (Wildman–Crippen MR) is 95.6 cm³/mol. The van der Waals surface area contributed by atoms with E-state index in [9.17, 15) is 4.39 Å². The predicted octanol–water partition coefficient (Wildman–Crippen LogP) is 4.83. The van der Waals surface area contributed by atoms with Crippen molar-refractivity contribution in [1.82, 2.24) is 0 Å². The van der Waals surface area contributed by atoms with Crippen LogP contribution in [0.3, 0.4) is 0 Å². The van der Waals surface area contributed by atoms with Crippen LogP contribution in [0.15, 0.2) is 66.7 Å². The zero-order chi connectivity index (χ0) is 15.2. The maximum absolute atomic E-state index is 13.0. The van der Waals surface area contributed by atoms with Crippen molar-refractivity contribution in [3.8, 4) is 0 Å². The van der Waals surface area contributed by atoms with Gasteiger partial charge in [-0.25, -0.2) is 4.39 Å². The molecule has 0 radical (unpaired) electrons. The van der Waals surface area contributed by atoms with Gasteiger partial charge in [0, 0.05) is 11.5 Å². The molecule has 1 fully saturated rings. The fourth-order valence-corrected chi connectivity index (χ4v) is 3.39. The molecule has 118 valence electrons. The summed E-state index contributed by atoms with van der Waals surface area (Å²) < 4.78 is 13.0. The normalized spacial score (nSPS) is 22.6. The summed E-state index contributed by atoms with van der Waals surface area (Å²) in [4.78, 5) is 0. The van der Waals surface area contributed by atoms with Gasteiger partial charge in [0.25, 0.3) is 0 Å². The first-order valence-electron chi connectivity index (χ1n) is 7.66. The summed E-state index contributed by atoms with van der Waals surface area (Å²) in [5, 5.41) is 2.51. The standard InChI is InChI=1S/C20H18FN.ClH/c21-18-9-7-16(8-10-18)19-13-20(19,22)12-14-5-6-15-3-1-2-4-17(15)11-14;/h1-11,19H,12-13,22H2;1H. The van der Waals surface area contributed by atoms with Gasteiger partial charge in [0.1, 0.15) is 5.82 Å². The van der Waals surface area contributed by atoms with E-state index in [1.165, 1.54) is 28.5 Å². The second-order valence-electron chi connectivity index (χ2n) is 6.40. The molecular formula is C20H19ClFN. The quantitative estimate of drug-likeness (QED) is 0.732. The molecule has 3 aromatic rings. The molecular weight excluding hydrogens is 309 g/mol. The molecule has 3 heteroatoms. The smallest absolute Gasteiger partial charge is 0.123 e. The summed E-state index contributed by atoms with van der Waals surface area (Å²) in [6.45, 7) is 0. The third kappa shape index (κ3) is 3.10. The lowest BCUT2D eigenvalue weighted by Gasteiger charge is -2.13. The van der Waals surface area contributed by atoms with Crippen molar-refractivity contribution in [3.63, 3.8) is 0 Å². The van der Waals surface area contributed by atoms with Gasteiger partial charge in [0.05, 0.1) is 0 Å². The molecule has 0 spiro atoms. The van der Waals surface area contributed by atoms with Gasteiger partial charge in [-0.05, 0) is 46.9 Å². The maximum Gasteiger partial charge on any atom is 0.123 e. The first kappa shape index (κ1) is 16.0. The lowest BCUT2D eigenvalue weighted by atomic mass is 9.97. The minimum absolute atomic E-state index is 0. The van der Waals surface area contributed by atoms with Crippen LogP contribution in [0.5, 0.6) is 0 Å². The highest BCUT2D eigenvalue weighted by molar-refractivity contribution is 5.85. The molecule has 2 unspecified atom stereocenters. The third-order valence-electron chi connectivity index (χ3n) is 4.74. The van der Waals surface area contributed by atoms with Gasteiger partial charge < -0.3 is 5.73 Å². The van der Waals surface area contributed by atoms with E-state index in [1.54, 1.807) is 0 Å². The topological polar surface area (TPSA) is 26.0 Å². The zero-order valence-corrected chi connectivity index (χ0v) is 13.5. The number of rotatable bonds is 3. The van der Waals surface area contributed by atoms with E-state index in [-0.39, 0.29) is 23.8 Å². The van der Waals surface area contributed by atoms with Gasteiger partial charge in [-0.2, -0.15) is 0 Å². The van der Waals surface area contributed by atoms with Crippen LogP contribution in [0.1, 0.15) is 23.5 Å². The van der Waals surface area contributed by atoms with E-state index in [0.717, 1.165) is 18.4 Å². The molecule has 2 N–H and O–H groups in total. The SMILES string of the molecule is Cl.NC1(Cc2ccc3ccccc3c2)CC1c1ccc(F)cc1. The second kappa shape index (κ2) is 5.95. The summed E-state index contributed by atoms with van der Waals surface area (Å²) in [6, 6.07) is 21.7. The summed E-state index contributed by atoms with van der Waals surface area (Å²) in [5.74, 6) is 0.140. The average Bonchev–Trinajstić information content (AvgIpc) is 3.19. The van der Waals surface area contributed by atoms with E-state index in [1.807, 2.05) is 12.1 Å². The van der Waals surface area contributed by atoms with E-state index >= 15 is 0 Å². The van der Waals surface area contributed by atoms with E-state index < -0.39 is 0 Å². The molecule has 1 aliphatic rings. The van der Waals surface area contributed by atoms with Crippen LogP contribution in [0.4, 0.5) is 4.39 Å². The van der Waals surface area contributed by atoms with Crippen LogP contribution in [-0.4, -0.2) is 5.54 Å². The van der Waals surface area contributed by atoms with Crippen LogP contribution < -0.4 is 5.73 Å². The summed E-state index contributed by atoms with van der Waals surface area (Å²) in [7, 11) is 0. The van der Waals surface area contributed by atoms with E-state index in [4.69, 9.17) is 5.73 Å². The van der Waals surface area contributed by atoms with E-state index in [0.29, 0.717) is 5.92 Å². The Morgan fingerprint density at radius 1 is 0.957 bits per heavy atom. The number of hydrogen-bond acceptors (Lipinski definition) is 1. The molecule has 0 aromatic heterocycles. The van der Waals surface area contributed by atoms with Crippen molar-refractivity contribution in [2.75, 3.05) is 0 Å². The monoisotopic (exact) mass is 327 g/mol. The van der Waals surface area contributed by atoms with Gasteiger partial charge in [-0.3, -0.25) is 0 Å². The Balaban J connectivity index is 0.00000156. The van der Waals surface area contributed by atoms with Gasteiger partial charge in [-0.15, -0.1) is 12.4 Å². The molecule has 2 atom stereocenters. The Morgan fingerprint density at radius 3 is 2.39 bits per heavy atom. The first-order chi connectivity index (χ1) is 10.6. The maximum atomic E-state index is 13.0. The Bertz CT molecular complexity index is 830. The van der Waals surface area contributed by atoms with Crippen molar-refractivity contribution >= 4 is 23.2 Å². The number of hydrogen-bond donors (Lipinski definition) is 1. The summed E-state index contributed by atoms with van der Waals surface area (Å²) in [5.41, 5.74) is 8.76. The highest BCUT2D eigenvalue weighted by Gasteiger charge is 2.51. The summed E-state index contributed by atoms with van der Waals surface area (Å²) >= 11 is 0. The van der Waals surface area contributed by atoms with Crippen molar-refractivity contribution in [3.05, 3.63) is 83.7 Å². The molecule has 0 saturated heterocycles. The Morgan fingerprint density at radius 2 is 1.65 bits per heavy atom. The largest absolute Gasteiger partial charge is 0.324 e. The lowest BCUT2D eigenvalue weighted by molar-refractivity contribution is 0.623. The van der Waals surface area contributed by atoms with E-state index in [2.05, 4.69) is 42.5 Å². The highest BCUT2D eigenvalue weighted by atomic mass is 35.5. The molecule has 1 nitrogen and oxygen atoms in total. The Hall–Kier alpha value is -1.90. The van der Waals surface area contributed by atoms with Crippen molar-refractivity contribution in [2.24, 2.45) is 5.73 Å². The average molecular weight is 328 g/mol. The molecule has 4 rings (SSSR count). The molecule has 23 heavy (non-hydrogen) atoms. The minimum Gasteiger partial charge on any atom is -0.324 e. The van der Waals surface area contributed by atoms with Crippen molar-refractivity contribution in [1.29, 1.82) is 0 Å². The molecule has 1 aliphatic carbocycles. The fraction of sp³-hybridized carbons (Fsp3) is 0.200. The molecule has 0 bridgehead atoms. The first-order valence-corrected chi connectivity index (χ1v) is 7.66. The Labute approximate surface area is 141 Å². The molecule has 1 saturated carbocycles. The number of benzene rings is 3. The van der Waals surface area contributed by atoms with Gasteiger partial charge in [0.2, 0.25) is 0 Å². The summed E-state index contributed by atoms with van der Waals surface area (Å²) in [6.07, 6.45) is 1.82. The van der Waals surface area contributed by atoms with Crippen LogP contribution in [0, 0.1) is 5.82 Å². The molecule has 0 heterocycles. The van der Waals surface area contributed by atoms with Crippen molar-refractivity contribution in [2.45, 2.75) is 24.3 Å². The lowest BCUT2D eigenvalue weighted by Crippen LogP contribution is -2.27. The number of fused-ring (bicyclic) bond motifs is 1. The third-order valence-corrected chi connectivity index (χ3v) is 4.74. The van der Waals surface area contributed by atoms with Crippen LogP contribution in [0.2, 0.25) is 0 Å². The number of nitrogens with two attached hydrogens (primary N) is 1. The zero-order valence-electron chi connectivity index (χ0n) is 12.7. The van der Waals surface area contributed by atoms with Crippen LogP contribution in [0.25, 0.3) is 10.8 Å². The Kier molecular flexibility index (Phi) is 4.13. The van der Waals surface area contributed by atoms with Gasteiger partial charge in [0.15, 0.2) is 0 Å². The minimum atomic E-state index is -0.194. The highest BCUT2D eigenvalue weighted by Crippen LogP contribution is 2.51. The molecule has 0 aliphatic heterocycles. The van der Waals surface area contributed by atoms with Crippen molar-refractivity contribution < 1.29 is 4.39 Å². The fourth-order valence-electron chi connectivity index (χ4n) is 3.39. The van der Waals surface area contributed by atoms with Crippen LogP contribution >= 0.6 is 12.4 Å². The number of halogens is 2. The molecule has 3 aromatic carbocycles. The van der Waals surface area contributed by atoms with Crippen LogP contribution in [-0.2, 0) is 6.42 Å². The van der Waals surface area contributed by atoms with Gasteiger partial charge >= 0.3 is 0 Å².